The molecule has 0 bridgehead atoms. The number of piperazine rings is 1. The number of nitrogens with two attached hydrogens (primary N) is 1. The number of anilines is 1. The Morgan fingerprint density at radius 3 is 2.27 bits per heavy atom. The molecule has 7 heteroatoms. The zero-order valence-electron chi connectivity index (χ0n) is 12.9. The van der Waals surface area contributed by atoms with E-state index in [1.807, 2.05) is 29.2 Å². The molecular weight excluding hydrogens is 284 g/mol. The summed E-state index contributed by atoms with van der Waals surface area (Å²) in [6.45, 7) is 4.92. The Bertz CT molecular complexity index is 524. The van der Waals surface area contributed by atoms with Crippen molar-refractivity contribution < 1.29 is 14.3 Å². The molecule has 7 nitrogen and oxygen atoms in total. The molecule has 1 aliphatic rings. The van der Waals surface area contributed by atoms with Gasteiger partial charge in [-0.15, -0.1) is 0 Å². The van der Waals surface area contributed by atoms with Gasteiger partial charge in [-0.1, -0.05) is 0 Å². The molecular formula is C15H22N4O3. The number of primary amides is 1. The predicted molar refractivity (Wildman–Crippen MR) is 84.0 cm³/mol. The summed E-state index contributed by atoms with van der Waals surface area (Å²) >= 11 is 0. The third kappa shape index (κ3) is 3.88. The Balaban J connectivity index is 1.89. The second kappa shape index (κ2) is 7.13. The number of carbonyl (C=O) groups excluding carboxylic acids is 2. The second-order valence-corrected chi connectivity index (χ2v) is 5.25. The van der Waals surface area contributed by atoms with Gasteiger partial charge in [0.1, 0.15) is 5.75 Å². The summed E-state index contributed by atoms with van der Waals surface area (Å²) in [5.74, 6) is 0.476. The highest BCUT2D eigenvalue weighted by atomic mass is 16.5. The van der Waals surface area contributed by atoms with Crippen LogP contribution in [0, 0.1) is 0 Å². The topological polar surface area (TPSA) is 87.9 Å². The summed E-state index contributed by atoms with van der Waals surface area (Å²) in [7, 11) is 1.65. The summed E-state index contributed by atoms with van der Waals surface area (Å²) in [5.41, 5.74) is 6.11. The van der Waals surface area contributed by atoms with Crippen molar-refractivity contribution in [2.24, 2.45) is 5.73 Å². The van der Waals surface area contributed by atoms with Crippen LogP contribution in [0.2, 0.25) is 0 Å². The van der Waals surface area contributed by atoms with Gasteiger partial charge in [0.25, 0.3) is 0 Å². The number of hydrogen-bond acceptors (Lipinski definition) is 5. The number of amides is 3. The van der Waals surface area contributed by atoms with Gasteiger partial charge in [-0.25, -0.2) is 4.79 Å². The average molecular weight is 306 g/mol. The maximum Gasteiger partial charge on any atom is 0.318 e. The highest BCUT2D eigenvalue weighted by Crippen LogP contribution is 2.20. The molecule has 3 amide bonds. The van der Waals surface area contributed by atoms with Crippen molar-refractivity contribution in [2.75, 3.05) is 38.2 Å². The lowest BCUT2D eigenvalue weighted by Crippen LogP contribution is -2.55. The minimum absolute atomic E-state index is 0.356. The molecule has 3 N–H and O–H groups in total. The third-order valence-corrected chi connectivity index (χ3v) is 3.93. The standard InChI is InChI=1S/C15H22N4O3/c1-11(14(20)17-15(16)21)18-7-9-19(10-8-18)12-3-5-13(22-2)6-4-12/h3-6,11H,7-10H2,1-2H3,(H3,16,17,20,21). The maximum atomic E-state index is 11.8. The van der Waals surface area contributed by atoms with E-state index < -0.39 is 6.03 Å². The van der Waals surface area contributed by atoms with Gasteiger partial charge < -0.3 is 15.4 Å². The van der Waals surface area contributed by atoms with Gasteiger partial charge in [0.15, 0.2) is 0 Å². The number of urea groups is 1. The van der Waals surface area contributed by atoms with E-state index in [9.17, 15) is 9.59 Å². The molecule has 1 unspecified atom stereocenters. The van der Waals surface area contributed by atoms with Crippen LogP contribution in [0.1, 0.15) is 6.92 Å². The molecule has 1 fully saturated rings. The monoisotopic (exact) mass is 306 g/mol. The molecule has 1 atom stereocenters. The molecule has 1 heterocycles. The molecule has 0 aliphatic carbocycles. The van der Waals surface area contributed by atoms with Crippen LogP contribution < -0.4 is 20.7 Å². The van der Waals surface area contributed by atoms with E-state index in [2.05, 4.69) is 10.2 Å². The number of hydrogen-bond donors (Lipinski definition) is 2. The SMILES string of the molecule is COc1ccc(N2CCN(C(C)C(=O)NC(N)=O)CC2)cc1. The largest absolute Gasteiger partial charge is 0.497 e. The van der Waals surface area contributed by atoms with Crippen molar-refractivity contribution >= 4 is 17.6 Å². The number of benzene rings is 1. The molecule has 1 aromatic carbocycles. The van der Waals surface area contributed by atoms with E-state index in [4.69, 9.17) is 10.5 Å². The van der Waals surface area contributed by atoms with Crippen LogP contribution >= 0.6 is 0 Å². The molecule has 0 saturated carbocycles. The van der Waals surface area contributed by atoms with Gasteiger partial charge in [0.2, 0.25) is 5.91 Å². The number of rotatable bonds is 4. The summed E-state index contributed by atoms with van der Waals surface area (Å²) in [6.07, 6.45) is 0. The van der Waals surface area contributed by atoms with E-state index >= 15 is 0 Å². The smallest absolute Gasteiger partial charge is 0.318 e. The molecule has 0 radical (unpaired) electrons. The number of imide groups is 1. The highest BCUT2D eigenvalue weighted by molar-refractivity contribution is 5.96. The van der Waals surface area contributed by atoms with Crippen LogP contribution in [0.5, 0.6) is 5.75 Å². The highest BCUT2D eigenvalue weighted by Gasteiger charge is 2.26. The van der Waals surface area contributed by atoms with Crippen molar-refractivity contribution in [3.63, 3.8) is 0 Å². The van der Waals surface area contributed by atoms with E-state index in [1.54, 1.807) is 14.0 Å². The minimum Gasteiger partial charge on any atom is -0.497 e. The quantitative estimate of drug-likeness (QED) is 0.841. The fraction of sp³-hybridized carbons (Fsp3) is 0.467. The fourth-order valence-electron chi connectivity index (χ4n) is 2.55. The van der Waals surface area contributed by atoms with Crippen LogP contribution in [0.25, 0.3) is 0 Å². The Morgan fingerprint density at radius 2 is 1.77 bits per heavy atom. The van der Waals surface area contributed by atoms with E-state index in [1.165, 1.54) is 0 Å². The first-order chi connectivity index (χ1) is 10.5. The maximum absolute atomic E-state index is 11.8. The van der Waals surface area contributed by atoms with Gasteiger partial charge in [0, 0.05) is 31.9 Å². The normalized spacial score (nSPS) is 16.9. The first-order valence-corrected chi connectivity index (χ1v) is 7.24. The second-order valence-electron chi connectivity index (χ2n) is 5.25. The van der Waals surface area contributed by atoms with E-state index in [0.717, 1.165) is 37.6 Å². The Hall–Kier alpha value is -2.28. The molecule has 1 aliphatic heterocycles. The third-order valence-electron chi connectivity index (χ3n) is 3.93. The first kappa shape index (κ1) is 16.1. The van der Waals surface area contributed by atoms with E-state index in [-0.39, 0.29) is 11.9 Å². The van der Waals surface area contributed by atoms with E-state index in [0.29, 0.717) is 0 Å². The Morgan fingerprint density at radius 1 is 1.18 bits per heavy atom. The van der Waals surface area contributed by atoms with Crippen LogP contribution in [0.3, 0.4) is 0 Å². The van der Waals surface area contributed by atoms with Gasteiger partial charge >= 0.3 is 6.03 Å². The molecule has 0 aromatic heterocycles. The fourth-order valence-corrected chi connectivity index (χ4v) is 2.55. The Kier molecular flexibility index (Phi) is 5.21. The van der Waals surface area contributed by atoms with Gasteiger partial charge in [0.05, 0.1) is 13.2 Å². The molecule has 2 rings (SSSR count). The number of carbonyl (C=O) groups is 2. The summed E-state index contributed by atoms with van der Waals surface area (Å²) in [4.78, 5) is 26.8. The predicted octanol–water partition coefficient (Wildman–Crippen LogP) is 0.401. The van der Waals surface area contributed by atoms with Crippen LogP contribution in [-0.4, -0.2) is 56.2 Å². The van der Waals surface area contributed by atoms with Crippen molar-refractivity contribution in [3.8, 4) is 5.75 Å². The van der Waals surface area contributed by atoms with Crippen molar-refractivity contribution in [1.29, 1.82) is 0 Å². The van der Waals surface area contributed by atoms with Crippen molar-refractivity contribution in [1.82, 2.24) is 10.2 Å². The molecule has 1 aromatic rings. The van der Waals surface area contributed by atoms with Gasteiger partial charge in [-0.05, 0) is 31.2 Å². The molecule has 1 saturated heterocycles. The molecule has 0 spiro atoms. The number of ether oxygens (including phenoxy) is 1. The summed E-state index contributed by atoms with van der Waals surface area (Å²) in [5, 5.41) is 2.13. The molecule has 120 valence electrons. The average Bonchev–Trinajstić information content (AvgIpc) is 2.54. The number of nitrogens with one attached hydrogen (secondary N) is 1. The minimum atomic E-state index is -0.811. The summed E-state index contributed by atoms with van der Waals surface area (Å²) in [6, 6.07) is 6.74. The lowest BCUT2D eigenvalue weighted by atomic mass is 10.2. The number of methoxy groups -OCH3 is 1. The first-order valence-electron chi connectivity index (χ1n) is 7.24. The Labute approximate surface area is 130 Å². The number of nitrogens with zero attached hydrogens (tertiary/aromatic N) is 2. The van der Waals surface area contributed by atoms with Crippen molar-refractivity contribution in [3.05, 3.63) is 24.3 Å². The summed E-state index contributed by atoms with van der Waals surface area (Å²) < 4.78 is 5.15. The zero-order chi connectivity index (χ0) is 16.1. The van der Waals surface area contributed by atoms with Crippen LogP contribution in [0.15, 0.2) is 24.3 Å². The lowest BCUT2D eigenvalue weighted by Gasteiger charge is -2.38. The lowest BCUT2D eigenvalue weighted by molar-refractivity contribution is -0.124. The molecule has 22 heavy (non-hydrogen) atoms. The van der Waals surface area contributed by atoms with Crippen molar-refractivity contribution in [2.45, 2.75) is 13.0 Å². The van der Waals surface area contributed by atoms with Crippen LogP contribution in [0.4, 0.5) is 10.5 Å². The van der Waals surface area contributed by atoms with Crippen LogP contribution in [-0.2, 0) is 4.79 Å². The zero-order valence-corrected chi connectivity index (χ0v) is 12.9. The van der Waals surface area contributed by atoms with Gasteiger partial charge in [-0.3, -0.25) is 15.0 Å². The van der Waals surface area contributed by atoms with Gasteiger partial charge in [-0.2, -0.15) is 0 Å².